The molecule has 0 spiro atoms. The van der Waals surface area contributed by atoms with E-state index in [0.717, 1.165) is 25.0 Å². The molecule has 0 bridgehead atoms. The summed E-state index contributed by atoms with van der Waals surface area (Å²) in [6, 6.07) is 10.4. The first-order chi connectivity index (χ1) is 15.5. The lowest BCUT2D eigenvalue weighted by atomic mass is 9.84. The Labute approximate surface area is 188 Å². The van der Waals surface area contributed by atoms with E-state index in [1.165, 1.54) is 6.07 Å². The van der Waals surface area contributed by atoms with Crippen LogP contribution < -0.4 is 10.1 Å². The molecule has 3 heterocycles. The molecule has 0 aliphatic carbocycles. The van der Waals surface area contributed by atoms with Crippen molar-refractivity contribution in [3.05, 3.63) is 59.7 Å². The van der Waals surface area contributed by atoms with Gasteiger partial charge < -0.3 is 15.0 Å². The fourth-order valence-electron chi connectivity index (χ4n) is 4.96. The Morgan fingerprint density at radius 2 is 2.19 bits per heavy atom. The number of nitrogens with zero attached hydrogens (tertiary/aromatic N) is 2. The van der Waals surface area contributed by atoms with Crippen LogP contribution in [0.15, 0.2) is 42.6 Å². The average molecular weight is 440 g/mol. The van der Waals surface area contributed by atoms with Crippen molar-refractivity contribution in [2.75, 3.05) is 13.7 Å². The van der Waals surface area contributed by atoms with Crippen LogP contribution in [0.2, 0.25) is 0 Å². The number of hydrogen-bond donors (Lipinski definition) is 1. The third-order valence-electron chi connectivity index (χ3n) is 6.69. The van der Waals surface area contributed by atoms with Crippen LogP contribution in [-0.2, 0) is 16.0 Å². The van der Waals surface area contributed by atoms with Crippen LogP contribution in [0.25, 0.3) is 0 Å². The number of rotatable bonds is 7. The lowest BCUT2D eigenvalue weighted by Gasteiger charge is -2.37. The first-order valence-corrected chi connectivity index (χ1v) is 11.3. The van der Waals surface area contributed by atoms with Crippen molar-refractivity contribution in [2.24, 2.45) is 0 Å². The van der Waals surface area contributed by atoms with Gasteiger partial charge in [0.2, 0.25) is 11.8 Å². The van der Waals surface area contributed by atoms with E-state index < -0.39 is 5.54 Å². The van der Waals surface area contributed by atoms with Crippen molar-refractivity contribution in [3.8, 4) is 5.75 Å². The number of benzene rings is 1. The number of hydrogen-bond acceptors (Lipinski definition) is 4. The fraction of sp³-hybridized carbons (Fsp3) is 0.480. The van der Waals surface area contributed by atoms with E-state index in [1.54, 1.807) is 25.4 Å². The SMILES string of the molecule is COc1ccc(F)c(CC2(CCC(=O)N3CCCCC3c3ccccn3)CCC(=O)N2)c1. The van der Waals surface area contributed by atoms with Gasteiger partial charge in [-0.25, -0.2) is 4.39 Å². The molecule has 7 heteroatoms. The molecule has 2 fully saturated rings. The van der Waals surface area contributed by atoms with Crippen molar-refractivity contribution < 1.29 is 18.7 Å². The van der Waals surface area contributed by atoms with Crippen LogP contribution >= 0.6 is 0 Å². The van der Waals surface area contributed by atoms with Crippen LogP contribution in [0.3, 0.4) is 0 Å². The molecule has 4 rings (SSSR count). The van der Waals surface area contributed by atoms with Crippen molar-refractivity contribution in [1.82, 2.24) is 15.2 Å². The highest BCUT2D eigenvalue weighted by molar-refractivity contribution is 5.80. The van der Waals surface area contributed by atoms with Gasteiger partial charge in [-0.3, -0.25) is 14.6 Å². The van der Waals surface area contributed by atoms with E-state index >= 15 is 0 Å². The minimum atomic E-state index is -0.629. The van der Waals surface area contributed by atoms with Gasteiger partial charge in [-0.15, -0.1) is 0 Å². The van der Waals surface area contributed by atoms with Crippen LogP contribution in [0.4, 0.5) is 4.39 Å². The number of nitrogens with one attached hydrogen (secondary N) is 1. The lowest BCUT2D eigenvalue weighted by molar-refractivity contribution is -0.135. The van der Waals surface area contributed by atoms with Crippen LogP contribution in [0.5, 0.6) is 5.75 Å². The van der Waals surface area contributed by atoms with Gasteiger partial charge >= 0.3 is 0 Å². The van der Waals surface area contributed by atoms with Gasteiger partial charge in [-0.1, -0.05) is 6.07 Å². The van der Waals surface area contributed by atoms with Gasteiger partial charge in [0.15, 0.2) is 0 Å². The number of piperidine rings is 1. The summed E-state index contributed by atoms with van der Waals surface area (Å²) in [5, 5.41) is 3.05. The maximum absolute atomic E-state index is 14.5. The molecule has 1 aromatic heterocycles. The molecule has 170 valence electrons. The van der Waals surface area contributed by atoms with Crippen molar-refractivity contribution in [1.29, 1.82) is 0 Å². The van der Waals surface area contributed by atoms with Gasteiger partial charge in [0.25, 0.3) is 0 Å². The third kappa shape index (κ3) is 4.92. The van der Waals surface area contributed by atoms with Gasteiger partial charge in [-0.2, -0.15) is 0 Å². The summed E-state index contributed by atoms with van der Waals surface area (Å²) < 4.78 is 19.7. The second kappa shape index (κ2) is 9.67. The second-order valence-corrected chi connectivity index (χ2v) is 8.82. The summed E-state index contributed by atoms with van der Waals surface area (Å²) in [4.78, 5) is 31.8. The van der Waals surface area contributed by atoms with Crippen LogP contribution in [0, 0.1) is 5.82 Å². The molecule has 2 aromatic rings. The average Bonchev–Trinajstić information content (AvgIpc) is 3.20. The van der Waals surface area contributed by atoms with E-state index in [-0.39, 0.29) is 23.7 Å². The fourth-order valence-corrected chi connectivity index (χ4v) is 4.96. The third-order valence-corrected chi connectivity index (χ3v) is 6.69. The minimum absolute atomic E-state index is 0.0117. The molecule has 2 aliphatic rings. The van der Waals surface area contributed by atoms with Crippen LogP contribution in [-0.4, -0.2) is 40.9 Å². The maximum Gasteiger partial charge on any atom is 0.223 e. The first-order valence-electron chi connectivity index (χ1n) is 11.3. The van der Waals surface area contributed by atoms with Crippen LogP contribution in [0.1, 0.15) is 62.2 Å². The molecule has 2 atom stereocenters. The zero-order valence-electron chi connectivity index (χ0n) is 18.5. The zero-order valence-corrected chi connectivity index (χ0v) is 18.5. The topological polar surface area (TPSA) is 71.5 Å². The van der Waals surface area contributed by atoms with Crippen molar-refractivity contribution in [3.63, 3.8) is 0 Å². The van der Waals surface area contributed by atoms with E-state index in [9.17, 15) is 14.0 Å². The highest BCUT2D eigenvalue weighted by atomic mass is 19.1. The predicted molar refractivity (Wildman–Crippen MR) is 119 cm³/mol. The van der Waals surface area contributed by atoms with Crippen molar-refractivity contribution in [2.45, 2.75) is 62.9 Å². The Morgan fingerprint density at radius 3 is 2.91 bits per heavy atom. The normalized spacial score (nSPS) is 23.1. The Bertz CT molecular complexity index is 968. The number of likely N-dealkylation sites (tertiary alicyclic amines) is 1. The molecule has 2 saturated heterocycles. The molecule has 0 saturated carbocycles. The van der Waals surface area contributed by atoms with Gasteiger partial charge in [0.05, 0.1) is 18.8 Å². The summed E-state index contributed by atoms with van der Waals surface area (Å²) in [5.74, 6) is 0.254. The largest absolute Gasteiger partial charge is 0.497 e. The van der Waals surface area contributed by atoms with E-state index in [2.05, 4.69) is 10.3 Å². The smallest absolute Gasteiger partial charge is 0.223 e. The van der Waals surface area contributed by atoms with E-state index in [4.69, 9.17) is 4.74 Å². The van der Waals surface area contributed by atoms with Gasteiger partial charge in [0.1, 0.15) is 11.6 Å². The molecule has 2 aliphatic heterocycles. The predicted octanol–water partition coefficient (Wildman–Crippen LogP) is 3.95. The van der Waals surface area contributed by atoms with Gasteiger partial charge in [0, 0.05) is 31.1 Å². The number of aromatic nitrogens is 1. The lowest BCUT2D eigenvalue weighted by Crippen LogP contribution is -2.46. The number of ether oxygens (including phenoxy) is 1. The number of carbonyl (C=O) groups excluding carboxylic acids is 2. The molecule has 2 unspecified atom stereocenters. The van der Waals surface area contributed by atoms with Gasteiger partial charge in [-0.05, 0) is 74.4 Å². The number of methoxy groups -OCH3 is 1. The quantitative estimate of drug-likeness (QED) is 0.709. The molecule has 32 heavy (non-hydrogen) atoms. The minimum Gasteiger partial charge on any atom is -0.497 e. The van der Waals surface area contributed by atoms with E-state index in [1.807, 2.05) is 23.1 Å². The second-order valence-electron chi connectivity index (χ2n) is 8.82. The summed E-state index contributed by atoms with van der Waals surface area (Å²) in [6.45, 7) is 0.712. The zero-order chi connectivity index (χ0) is 22.6. The summed E-state index contributed by atoms with van der Waals surface area (Å²) >= 11 is 0. The molecule has 1 aromatic carbocycles. The number of amides is 2. The molecule has 0 radical (unpaired) electrons. The molecule has 1 N–H and O–H groups in total. The maximum atomic E-state index is 14.5. The molecular weight excluding hydrogens is 409 g/mol. The highest BCUT2D eigenvalue weighted by Crippen LogP contribution is 2.34. The molecular formula is C25H30FN3O3. The molecule has 2 amide bonds. The number of pyridine rings is 1. The Balaban J connectivity index is 1.49. The Kier molecular flexibility index (Phi) is 6.72. The number of halogens is 1. The van der Waals surface area contributed by atoms with Crippen molar-refractivity contribution >= 4 is 11.8 Å². The summed E-state index contributed by atoms with van der Waals surface area (Å²) in [6.07, 6.45) is 6.79. The first kappa shape index (κ1) is 22.2. The summed E-state index contributed by atoms with van der Waals surface area (Å²) in [7, 11) is 1.54. The molecule has 6 nitrogen and oxygen atoms in total. The standard InChI is InChI=1S/C25H30FN3O3/c1-32-19-8-9-20(26)18(16-19)17-25(12-10-23(30)28-25)13-11-24(31)29-15-5-3-7-22(29)21-6-2-4-14-27-21/h2,4,6,8-9,14,16,22H,3,5,7,10-13,15,17H2,1H3,(H,28,30). The van der Waals surface area contributed by atoms with E-state index in [0.29, 0.717) is 50.0 Å². The summed E-state index contributed by atoms with van der Waals surface area (Å²) in [5.41, 5.74) is 0.780. The number of carbonyl (C=O) groups is 2. The Hall–Kier alpha value is -2.96. The monoisotopic (exact) mass is 439 g/mol. The highest BCUT2D eigenvalue weighted by Gasteiger charge is 2.39. The Morgan fingerprint density at radius 1 is 1.31 bits per heavy atom.